The second kappa shape index (κ2) is 3.09. The van der Waals surface area contributed by atoms with E-state index in [-0.39, 0.29) is 6.04 Å². The molecule has 0 fully saturated rings. The molecule has 14 heavy (non-hydrogen) atoms. The molecule has 1 nitrogen and oxygen atoms in total. The fourth-order valence-corrected chi connectivity index (χ4v) is 2.77. The van der Waals surface area contributed by atoms with E-state index in [1.54, 1.807) is 0 Å². The summed E-state index contributed by atoms with van der Waals surface area (Å²) in [7, 11) is 0. The zero-order chi connectivity index (χ0) is 10.5. The lowest BCUT2D eigenvalue weighted by Gasteiger charge is -2.13. The van der Waals surface area contributed by atoms with Crippen LogP contribution >= 0.6 is 0 Å². The van der Waals surface area contributed by atoms with Gasteiger partial charge in [0.05, 0.1) is 0 Å². The van der Waals surface area contributed by atoms with E-state index in [4.69, 9.17) is 5.73 Å². The highest BCUT2D eigenvalue weighted by atomic mass is 14.7. The van der Waals surface area contributed by atoms with Gasteiger partial charge in [0, 0.05) is 6.04 Å². The van der Waals surface area contributed by atoms with Gasteiger partial charge in [-0.25, -0.2) is 0 Å². The van der Waals surface area contributed by atoms with Crippen LogP contribution in [-0.4, -0.2) is 0 Å². The van der Waals surface area contributed by atoms with E-state index in [0.29, 0.717) is 11.8 Å². The maximum absolute atomic E-state index is 6.22. The van der Waals surface area contributed by atoms with Crippen molar-refractivity contribution >= 4 is 0 Å². The second-order valence-corrected chi connectivity index (χ2v) is 4.76. The van der Waals surface area contributed by atoms with Crippen LogP contribution in [0.25, 0.3) is 0 Å². The van der Waals surface area contributed by atoms with E-state index < -0.39 is 0 Å². The van der Waals surface area contributed by atoms with Crippen molar-refractivity contribution in [3.8, 4) is 0 Å². The van der Waals surface area contributed by atoms with Crippen LogP contribution in [0.1, 0.15) is 48.1 Å². The number of hydrogen-bond acceptors (Lipinski definition) is 1. The molecule has 0 saturated heterocycles. The van der Waals surface area contributed by atoms with Crippen molar-refractivity contribution in [1.29, 1.82) is 0 Å². The van der Waals surface area contributed by atoms with Gasteiger partial charge in [-0.05, 0) is 42.4 Å². The first-order chi connectivity index (χ1) is 6.52. The Hall–Kier alpha value is -0.820. The number of aryl methyl sites for hydroxylation is 2. The molecular formula is C13H19N. The molecule has 1 aromatic carbocycles. The highest BCUT2D eigenvalue weighted by molar-refractivity contribution is 5.46. The molecule has 0 radical (unpaired) electrons. The fourth-order valence-electron chi connectivity index (χ4n) is 2.77. The summed E-state index contributed by atoms with van der Waals surface area (Å²) in [6.07, 6.45) is 0. The third-order valence-corrected chi connectivity index (χ3v) is 3.73. The van der Waals surface area contributed by atoms with Crippen molar-refractivity contribution in [2.45, 2.75) is 39.7 Å². The largest absolute Gasteiger partial charge is 0.324 e. The normalized spacial score (nSPS) is 30.5. The van der Waals surface area contributed by atoms with E-state index >= 15 is 0 Å². The number of nitrogens with two attached hydrogens (primary N) is 1. The first-order valence-electron chi connectivity index (χ1n) is 5.39. The SMILES string of the molecule is Cc1cc(C)c2c(c1)C(N)C(C)C2C. The minimum atomic E-state index is 0.235. The summed E-state index contributed by atoms with van der Waals surface area (Å²) in [4.78, 5) is 0. The number of rotatable bonds is 0. The predicted octanol–water partition coefficient (Wildman–Crippen LogP) is 3.06. The van der Waals surface area contributed by atoms with Gasteiger partial charge in [-0.3, -0.25) is 0 Å². The highest BCUT2D eigenvalue weighted by Crippen LogP contribution is 2.45. The van der Waals surface area contributed by atoms with Gasteiger partial charge < -0.3 is 5.73 Å². The molecule has 0 aromatic heterocycles. The van der Waals surface area contributed by atoms with Gasteiger partial charge in [0.15, 0.2) is 0 Å². The molecule has 0 spiro atoms. The molecule has 0 aliphatic heterocycles. The van der Waals surface area contributed by atoms with Gasteiger partial charge in [0.25, 0.3) is 0 Å². The molecule has 3 atom stereocenters. The first-order valence-corrected chi connectivity index (χ1v) is 5.39. The van der Waals surface area contributed by atoms with Crippen molar-refractivity contribution in [2.24, 2.45) is 11.7 Å². The summed E-state index contributed by atoms with van der Waals surface area (Å²) in [5.74, 6) is 1.19. The predicted molar refractivity (Wildman–Crippen MR) is 60.4 cm³/mol. The molecule has 1 heteroatoms. The quantitative estimate of drug-likeness (QED) is 0.667. The summed E-state index contributed by atoms with van der Waals surface area (Å²) < 4.78 is 0. The van der Waals surface area contributed by atoms with Crippen LogP contribution in [0.5, 0.6) is 0 Å². The van der Waals surface area contributed by atoms with Crippen LogP contribution < -0.4 is 5.73 Å². The van der Waals surface area contributed by atoms with Gasteiger partial charge in [-0.15, -0.1) is 0 Å². The molecule has 0 saturated carbocycles. The molecule has 0 amide bonds. The van der Waals surface area contributed by atoms with E-state index in [1.165, 1.54) is 22.3 Å². The Morgan fingerprint density at radius 3 is 2.43 bits per heavy atom. The first kappa shape index (κ1) is 9.72. The third kappa shape index (κ3) is 1.19. The average molecular weight is 189 g/mol. The number of fused-ring (bicyclic) bond motifs is 1. The van der Waals surface area contributed by atoms with E-state index in [2.05, 4.69) is 39.8 Å². The average Bonchev–Trinajstić information content (AvgIpc) is 2.31. The van der Waals surface area contributed by atoms with Crippen LogP contribution in [0, 0.1) is 19.8 Å². The Balaban J connectivity index is 2.63. The van der Waals surface area contributed by atoms with E-state index in [0.717, 1.165) is 0 Å². The topological polar surface area (TPSA) is 26.0 Å². The summed E-state index contributed by atoms with van der Waals surface area (Å²) in [5.41, 5.74) is 11.8. The molecule has 1 aromatic rings. The molecule has 1 aliphatic carbocycles. The van der Waals surface area contributed by atoms with Crippen molar-refractivity contribution < 1.29 is 0 Å². The molecule has 2 N–H and O–H groups in total. The maximum atomic E-state index is 6.22. The number of hydrogen-bond donors (Lipinski definition) is 1. The zero-order valence-corrected chi connectivity index (χ0v) is 9.46. The van der Waals surface area contributed by atoms with Crippen LogP contribution in [0.2, 0.25) is 0 Å². The molecular weight excluding hydrogens is 170 g/mol. The Kier molecular flexibility index (Phi) is 2.15. The lowest BCUT2D eigenvalue weighted by atomic mass is 9.92. The summed E-state index contributed by atoms with van der Waals surface area (Å²) >= 11 is 0. The standard InChI is InChI=1S/C13H19N/c1-7-5-8(2)12-9(3)10(4)13(14)11(12)6-7/h5-6,9-10,13H,14H2,1-4H3. The second-order valence-electron chi connectivity index (χ2n) is 4.76. The molecule has 3 unspecified atom stereocenters. The van der Waals surface area contributed by atoms with Gasteiger partial charge in [-0.2, -0.15) is 0 Å². The van der Waals surface area contributed by atoms with Gasteiger partial charge in [0.2, 0.25) is 0 Å². The molecule has 76 valence electrons. The lowest BCUT2D eigenvalue weighted by Crippen LogP contribution is -2.15. The molecule has 1 aliphatic rings. The van der Waals surface area contributed by atoms with Crippen molar-refractivity contribution in [1.82, 2.24) is 0 Å². The maximum Gasteiger partial charge on any atom is 0.0329 e. The van der Waals surface area contributed by atoms with Crippen LogP contribution in [0.15, 0.2) is 12.1 Å². The van der Waals surface area contributed by atoms with Crippen LogP contribution in [0.3, 0.4) is 0 Å². The summed E-state index contributed by atoms with van der Waals surface area (Å²) in [5, 5.41) is 0. The van der Waals surface area contributed by atoms with Crippen LogP contribution in [0.4, 0.5) is 0 Å². The Morgan fingerprint density at radius 2 is 1.79 bits per heavy atom. The van der Waals surface area contributed by atoms with E-state index in [9.17, 15) is 0 Å². The van der Waals surface area contributed by atoms with Gasteiger partial charge >= 0.3 is 0 Å². The Labute approximate surface area is 86.3 Å². The van der Waals surface area contributed by atoms with E-state index in [1.807, 2.05) is 0 Å². The smallest absolute Gasteiger partial charge is 0.0329 e. The third-order valence-electron chi connectivity index (χ3n) is 3.73. The minimum absolute atomic E-state index is 0.235. The van der Waals surface area contributed by atoms with Crippen molar-refractivity contribution in [2.75, 3.05) is 0 Å². The van der Waals surface area contributed by atoms with Crippen molar-refractivity contribution in [3.05, 3.63) is 34.4 Å². The molecule has 0 bridgehead atoms. The Morgan fingerprint density at radius 1 is 1.14 bits per heavy atom. The Bertz CT molecular complexity index is 368. The molecule has 0 heterocycles. The highest BCUT2D eigenvalue weighted by Gasteiger charge is 2.33. The zero-order valence-electron chi connectivity index (χ0n) is 9.46. The molecule has 2 rings (SSSR count). The van der Waals surface area contributed by atoms with Crippen LogP contribution in [-0.2, 0) is 0 Å². The fraction of sp³-hybridized carbons (Fsp3) is 0.538. The monoisotopic (exact) mass is 189 g/mol. The van der Waals surface area contributed by atoms with Crippen molar-refractivity contribution in [3.63, 3.8) is 0 Å². The minimum Gasteiger partial charge on any atom is -0.324 e. The lowest BCUT2D eigenvalue weighted by molar-refractivity contribution is 0.450. The summed E-state index contributed by atoms with van der Waals surface area (Å²) in [6, 6.07) is 4.76. The van der Waals surface area contributed by atoms with Gasteiger partial charge in [0.1, 0.15) is 0 Å². The number of benzene rings is 1. The van der Waals surface area contributed by atoms with Gasteiger partial charge in [-0.1, -0.05) is 31.5 Å². The summed E-state index contributed by atoms with van der Waals surface area (Å²) in [6.45, 7) is 8.89.